The van der Waals surface area contributed by atoms with Crippen LogP contribution in [0.25, 0.3) is 0 Å². The average Bonchev–Trinajstić information content (AvgIpc) is 2.75. The lowest BCUT2D eigenvalue weighted by molar-refractivity contribution is -0.145. The van der Waals surface area contributed by atoms with Crippen LogP contribution in [0.15, 0.2) is 22.7 Å². The maximum atomic E-state index is 12.3. The van der Waals surface area contributed by atoms with E-state index >= 15 is 0 Å². The van der Waals surface area contributed by atoms with Gasteiger partial charge in [0.15, 0.2) is 0 Å². The summed E-state index contributed by atoms with van der Waals surface area (Å²) in [4.78, 5) is 23.5. The molecule has 0 spiro atoms. The lowest BCUT2D eigenvalue weighted by atomic mass is 9.95. The highest BCUT2D eigenvalue weighted by Crippen LogP contribution is 2.37. The van der Waals surface area contributed by atoms with Gasteiger partial charge in [0, 0.05) is 9.50 Å². The van der Waals surface area contributed by atoms with Gasteiger partial charge in [-0.25, -0.2) is 0 Å². The Kier molecular flexibility index (Phi) is 4.70. The number of carbonyl (C=O) groups excluding carboxylic acids is 1. The second-order valence-corrected chi connectivity index (χ2v) is 6.53. The maximum Gasteiger partial charge on any atom is 0.307 e. The van der Waals surface area contributed by atoms with Gasteiger partial charge in [0.25, 0.3) is 0 Å². The van der Waals surface area contributed by atoms with Crippen molar-refractivity contribution in [2.75, 3.05) is 5.32 Å². The minimum atomic E-state index is -0.898. The SMILES string of the molecule is CC1C[C@H](C(=O)Nc2ccc(Cl)cc2Br)[C@H](C(=O)O)C1. The second-order valence-electron chi connectivity index (χ2n) is 5.24. The van der Waals surface area contributed by atoms with Gasteiger partial charge in [-0.05, 0) is 52.9 Å². The molecule has 1 aliphatic rings. The molecule has 1 saturated carbocycles. The Labute approximate surface area is 130 Å². The van der Waals surface area contributed by atoms with E-state index in [9.17, 15) is 14.7 Å². The zero-order valence-corrected chi connectivity index (χ0v) is 13.2. The van der Waals surface area contributed by atoms with Crippen molar-refractivity contribution in [2.45, 2.75) is 19.8 Å². The molecule has 0 aromatic heterocycles. The second kappa shape index (κ2) is 6.14. The molecule has 0 aliphatic heterocycles. The van der Waals surface area contributed by atoms with Crippen LogP contribution in [0.4, 0.5) is 5.69 Å². The predicted octanol–water partition coefficient (Wildman–Crippen LogP) is 3.79. The third-order valence-electron chi connectivity index (χ3n) is 3.64. The number of amides is 1. The predicted molar refractivity (Wildman–Crippen MR) is 80.8 cm³/mol. The van der Waals surface area contributed by atoms with Crippen molar-refractivity contribution in [3.05, 3.63) is 27.7 Å². The van der Waals surface area contributed by atoms with Crippen LogP contribution in [0.5, 0.6) is 0 Å². The molecule has 0 radical (unpaired) electrons. The molecule has 20 heavy (non-hydrogen) atoms. The van der Waals surface area contributed by atoms with Crippen LogP contribution in [0.2, 0.25) is 5.02 Å². The molecular formula is C14H15BrClNO3. The van der Waals surface area contributed by atoms with Gasteiger partial charge in [0.05, 0.1) is 17.5 Å². The number of nitrogens with one attached hydrogen (secondary N) is 1. The summed E-state index contributed by atoms with van der Waals surface area (Å²) < 4.78 is 0.677. The first-order valence-corrected chi connectivity index (χ1v) is 7.54. The van der Waals surface area contributed by atoms with Crippen LogP contribution < -0.4 is 5.32 Å². The number of halogens is 2. The zero-order valence-electron chi connectivity index (χ0n) is 10.9. The fraction of sp³-hybridized carbons (Fsp3) is 0.429. The third kappa shape index (κ3) is 3.33. The molecule has 1 unspecified atom stereocenters. The Bertz CT molecular complexity index is 549. The van der Waals surface area contributed by atoms with Crippen molar-refractivity contribution in [3.63, 3.8) is 0 Å². The molecule has 2 N–H and O–H groups in total. The van der Waals surface area contributed by atoms with Gasteiger partial charge in [-0.1, -0.05) is 18.5 Å². The third-order valence-corrected chi connectivity index (χ3v) is 4.53. The summed E-state index contributed by atoms with van der Waals surface area (Å²) in [5.74, 6) is -1.98. The lowest BCUT2D eigenvalue weighted by Crippen LogP contribution is -2.30. The highest BCUT2D eigenvalue weighted by atomic mass is 79.9. The van der Waals surface area contributed by atoms with E-state index in [1.807, 2.05) is 6.92 Å². The summed E-state index contributed by atoms with van der Waals surface area (Å²) in [6.45, 7) is 1.97. The van der Waals surface area contributed by atoms with Gasteiger partial charge in [0.2, 0.25) is 5.91 Å². The van der Waals surface area contributed by atoms with Gasteiger partial charge in [-0.3, -0.25) is 9.59 Å². The molecule has 6 heteroatoms. The van der Waals surface area contributed by atoms with E-state index in [-0.39, 0.29) is 11.8 Å². The number of hydrogen-bond donors (Lipinski definition) is 2. The molecule has 1 aromatic carbocycles. The number of carboxylic acid groups (broad SMARTS) is 1. The molecule has 0 heterocycles. The summed E-state index contributed by atoms with van der Waals surface area (Å²) in [6.07, 6.45) is 1.16. The van der Waals surface area contributed by atoms with Gasteiger partial charge < -0.3 is 10.4 Å². The number of aliphatic carboxylic acids is 1. The van der Waals surface area contributed by atoms with Gasteiger partial charge in [-0.2, -0.15) is 0 Å². The zero-order chi connectivity index (χ0) is 14.9. The molecule has 1 fully saturated rings. The van der Waals surface area contributed by atoms with Crippen LogP contribution in [0, 0.1) is 17.8 Å². The maximum absolute atomic E-state index is 12.3. The molecule has 1 aromatic rings. The largest absolute Gasteiger partial charge is 0.481 e. The van der Waals surface area contributed by atoms with Crippen LogP contribution >= 0.6 is 27.5 Å². The van der Waals surface area contributed by atoms with E-state index in [4.69, 9.17) is 11.6 Å². The van der Waals surface area contributed by atoms with Gasteiger partial charge in [0.1, 0.15) is 0 Å². The van der Waals surface area contributed by atoms with Gasteiger partial charge in [-0.15, -0.1) is 0 Å². The molecule has 4 nitrogen and oxygen atoms in total. The quantitative estimate of drug-likeness (QED) is 0.862. The highest BCUT2D eigenvalue weighted by Gasteiger charge is 2.41. The average molecular weight is 361 g/mol. The first-order valence-electron chi connectivity index (χ1n) is 6.37. The lowest BCUT2D eigenvalue weighted by Gasteiger charge is -2.16. The Morgan fingerprint density at radius 3 is 2.60 bits per heavy atom. The van der Waals surface area contributed by atoms with E-state index in [0.717, 1.165) is 0 Å². The summed E-state index contributed by atoms with van der Waals surface area (Å²) in [7, 11) is 0. The van der Waals surface area contributed by atoms with Crippen LogP contribution in [0.3, 0.4) is 0 Å². The number of anilines is 1. The summed E-state index contributed by atoms with van der Waals surface area (Å²) >= 11 is 9.17. The Hall–Kier alpha value is -1.07. The molecule has 0 saturated heterocycles. The summed E-state index contributed by atoms with van der Waals surface area (Å²) in [6, 6.07) is 5.05. The van der Waals surface area contributed by atoms with E-state index in [0.29, 0.717) is 28.0 Å². The first-order chi connectivity index (χ1) is 9.38. The minimum absolute atomic E-state index is 0.246. The van der Waals surface area contributed by atoms with E-state index in [1.165, 1.54) is 0 Å². The van der Waals surface area contributed by atoms with E-state index in [2.05, 4.69) is 21.2 Å². The van der Waals surface area contributed by atoms with Crippen molar-refractivity contribution in [1.82, 2.24) is 0 Å². The highest BCUT2D eigenvalue weighted by molar-refractivity contribution is 9.10. The van der Waals surface area contributed by atoms with E-state index < -0.39 is 17.8 Å². The van der Waals surface area contributed by atoms with Crippen molar-refractivity contribution in [2.24, 2.45) is 17.8 Å². The molecule has 108 valence electrons. The molecule has 1 amide bonds. The van der Waals surface area contributed by atoms with Crippen molar-refractivity contribution in [1.29, 1.82) is 0 Å². The Morgan fingerprint density at radius 2 is 2.00 bits per heavy atom. The van der Waals surface area contributed by atoms with Crippen molar-refractivity contribution < 1.29 is 14.7 Å². The number of benzene rings is 1. The number of carbonyl (C=O) groups is 2. The molecule has 0 bridgehead atoms. The van der Waals surface area contributed by atoms with Gasteiger partial charge >= 0.3 is 5.97 Å². The number of hydrogen-bond acceptors (Lipinski definition) is 2. The summed E-state index contributed by atoms with van der Waals surface area (Å²) in [5.41, 5.74) is 0.600. The smallest absolute Gasteiger partial charge is 0.307 e. The molecule has 3 atom stereocenters. The van der Waals surface area contributed by atoms with Crippen LogP contribution in [0.1, 0.15) is 19.8 Å². The monoisotopic (exact) mass is 359 g/mol. The minimum Gasteiger partial charge on any atom is -0.481 e. The molecule has 1 aliphatic carbocycles. The van der Waals surface area contributed by atoms with Crippen molar-refractivity contribution >= 4 is 45.1 Å². The fourth-order valence-corrected chi connectivity index (χ4v) is 3.45. The molecular weight excluding hydrogens is 346 g/mol. The van der Waals surface area contributed by atoms with E-state index in [1.54, 1.807) is 18.2 Å². The topological polar surface area (TPSA) is 66.4 Å². The number of rotatable bonds is 3. The van der Waals surface area contributed by atoms with Crippen molar-refractivity contribution in [3.8, 4) is 0 Å². The van der Waals surface area contributed by atoms with Crippen LogP contribution in [-0.4, -0.2) is 17.0 Å². The fourth-order valence-electron chi connectivity index (χ4n) is 2.67. The number of carboxylic acids is 1. The first kappa shape index (κ1) is 15.3. The van der Waals surface area contributed by atoms with Crippen LogP contribution in [-0.2, 0) is 9.59 Å². The standard InChI is InChI=1S/C14H15BrClNO3/c1-7-4-9(10(5-7)14(19)20)13(18)17-12-3-2-8(16)6-11(12)15/h2-3,6-7,9-10H,4-5H2,1H3,(H,17,18)(H,19,20)/t7?,9-,10+/m0/s1. The molecule has 2 rings (SSSR count). The Balaban J connectivity index is 2.13. The summed E-state index contributed by atoms with van der Waals surface area (Å²) in [5, 5.41) is 12.5. The Morgan fingerprint density at radius 1 is 1.35 bits per heavy atom. The normalized spacial score (nSPS) is 25.4.